The maximum Gasteiger partial charge on any atom is 0.312 e. The minimum atomic E-state index is -0.608. The third-order valence-electron chi connectivity index (χ3n) is 4.00. The summed E-state index contributed by atoms with van der Waals surface area (Å²) in [6.45, 7) is 3.09. The zero-order valence-electron chi connectivity index (χ0n) is 13.6. The van der Waals surface area contributed by atoms with E-state index < -0.39 is 12.0 Å². The van der Waals surface area contributed by atoms with Crippen molar-refractivity contribution in [2.75, 3.05) is 32.1 Å². The lowest BCUT2D eigenvalue weighted by Gasteiger charge is -2.30. The number of quaternary nitrogens is 1. The van der Waals surface area contributed by atoms with Crippen molar-refractivity contribution in [1.82, 2.24) is 5.32 Å². The van der Waals surface area contributed by atoms with E-state index in [1.807, 2.05) is 25.1 Å². The van der Waals surface area contributed by atoms with Gasteiger partial charge in [-0.25, -0.2) is 0 Å². The molecule has 3 N–H and O–H groups in total. The van der Waals surface area contributed by atoms with Crippen molar-refractivity contribution in [1.29, 1.82) is 0 Å². The summed E-state index contributed by atoms with van der Waals surface area (Å²) in [6.07, 6.45) is -0.0394. The number of aryl methyl sites for hydroxylation is 1. The Hall–Kier alpha value is -1.93. The van der Waals surface area contributed by atoms with Crippen LogP contribution in [0.2, 0.25) is 0 Å². The van der Waals surface area contributed by atoms with Gasteiger partial charge in [0.15, 0.2) is 12.6 Å². The summed E-state index contributed by atoms with van der Waals surface area (Å²) in [5.41, 5.74) is 1.67. The summed E-state index contributed by atoms with van der Waals surface area (Å²) in [6, 6.07) is 4.98. The van der Waals surface area contributed by atoms with Gasteiger partial charge in [-0.05, 0) is 30.7 Å². The molecule has 1 heterocycles. The molecule has 1 aromatic carbocycles. The van der Waals surface area contributed by atoms with Crippen LogP contribution in [-0.4, -0.2) is 50.6 Å². The maximum absolute atomic E-state index is 12.3. The summed E-state index contributed by atoms with van der Waals surface area (Å²) >= 11 is 3.38. The normalized spacial score (nSPS) is 20.2. The van der Waals surface area contributed by atoms with Crippen molar-refractivity contribution in [3.8, 4) is 0 Å². The third kappa shape index (κ3) is 4.78. The van der Waals surface area contributed by atoms with Gasteiger partial charge < -0.3 is 20.3 Å². The lowest BCUT2D eigenvalue weighted by molar-refractivity contribution is -0.909. The number of halogens is 1. The zero-order valence-corrected chi connectivity index (χ0v) is 15.2. The Morgan fingerprint density at radius 2 is 2.21 bits per heavy atom. The minimum absolute atomic E-state index is 0.0394. The average Bonchev–Trinajstić information content (AvgIpc) is 2.53. The molecule has 0 spiro atoms. The van der Waals surface area contributed by atoms with E-state index in [0.29, 0.717) is 13.1 Å². The lowest BCUT2D eigenvalue weighted by atomic mass is 10.1. The summed E-state index contributed by atoms with van der Waals surface area (Å²) in [7, 11) is 1.28. The van der Waals surface area contributed by atoms with E-state index >= 15 is 0 Å². The Morgan fingerprint density at radius 1 is 1.46 bits per heavy atom. The molecule has 2 amide bonds. The second-order valence-corrected chi connectivity index (χ2v) is 6.63. The molecule has 1 aliphatic heterocycles. The van der Waals surface area contributed by atoms with E-state index in [9.17, 15) is 14.4 Å². The number of piperazine rings is 1. The number of amides is 2. The van der Waals surface area contributed by atoms with Crippen LogP contribution in [-0.2, 0) is 19.1 Å². The van der Waals surface area contributed by atoms with E-state index in [2.05, 4.69) is 31.3 Å². The fourth-order valence-corrected chi connectivity index (χ4v) is 3.17. The highest BCUT2D eigenvalue weighted by Gasteiger charge is 2.36. The number of hydrogen-bond acceptors (Lipinski definition) is 4. The first-order valence-corrected chi connectivity index (χ1v) is 8.45. The molecule has 7 nitrogen and oxygen atoms in total. The molecule has 8 heteroatoms. The van der Waals surface area contributed by atoms with Gasteiger partial charge in [-0.2, -0.15) is 0 Å². The molecule has 130 valence electrons. The minimum Gasteiger partial charge on any atom is -0.469 e. The van der Waals surface area contributed by atoms with Crippen LogP contribution in [0.15, 0.2) is 22.7 Å². The van der Waals surface area contributed by atoms with E-state index in [4.69, 9.17) is 0 Å². The fourth-order valence-electron chi connectivity index (χ4n) is 2.70. The molecule has 0 aliphatic carbocycles. The van der Waals surface area contributed by atoms with Gasteiger partial charge in [0.2, 0.25) is 0 Å². The first kappa shape index (κ1) is 18.4. The van der Waals surface area contributed by atoms with Gasteiger partial charge in [-0.15, -0.1) is 0 Å². The Labute approximate surface area is 148 Å². The molecular formula is C16H21BrN3O4+. The summed E-state index contributed by atoms with van der Waals surface area (Å²) < 4.78 is 5.58. The highest BCUT2D eigenvalue weighted by atomic mass is 79.9. The number of benzene rings is 1. The second-order valence-electron chi connectivity index (χ2n) is 5.72. The number of carbonyl (C=O) groups is 3. The molecule has 0 aromatic heterocycles. The Bertz CT molecular complexity index is 650. The standard InChI is InChI=1S/C16H20BrN3O4/c1-10-7-11(17)3-4-12(10)19-14(21)9-20-6-5-18-16(23)13(20)8-15(22)24-2/h3-4,7,13H,5-6,8-9H2,1-2H3,(H,18,23)(H,19,21)/p+1/t13-/m1/s1. The SMILES string of the molecule is COC(=O)C[C@@H]1C(=O)NCC[NH+]1CC(=O)Nc1ccc(Br)cc1C. The van der Waals surface area contributed by atoms with Crippen LogP contribution in [0.3, 0.4) is 0 Å². The molecule has 1 fully saturated rings. The number of hydrogen-bond donors (Lipinski definition) is 3. The van der Waals surface area contributed by atoms with Crippen molar-refractivity contribution >= 4 is 39.4 Å². The van der Waals surface area contributed by atoms with Crippen molar-refractivity contribution in [2.24, 2.45) is 0 Å². The van der Waals surface area contributed by atoms with Crippen molar-refractivity contribution in [2.45, 2.75) is 19.4 Å². The molecular weight excluding hydrogens is 378 g/mol. The van der Waals surface area contributed by atoms with E-state index in [1.165, 1.54) is 7.11 Å². The summed E-state index contributed by atoms with van der Waals surface area (Å²) in [4.78, 5) is 36.6. The zero-order chi connectivity index (χ0) is 17.7. The number of rotatable bonds is 5. The Morgan fingerprint density at radius 3 is 2.88 bits per heavy atom. The van der Waals surface area contributed by atoms with Crippen LogP contribution in [0, 0.1) is 6.92 Å². The number of methoxy groups -OCH3 is 1. The van der Waals surface area contributed by atoms with Crippen molar-refractivity contribution in [3.63, 3.8) is 0 Å². The molecule has 24 heavy (non-hydrogen) atoms. The van der Waals surface area contributed by atoms with E-state index in [0.717, 1.165) is 20.6 Å². The summed E-state index contributed by atoms with van der Waals surface area (Å²) in [5, 5.41) is 5.58. The van der Waals surface area contributed by atoms with Gasteiger partial charge in [0.05, 0.1) is 20.2 Å². The van der Waals surface area contributed by atoms with Gasteiger partial charge in [-0.3, -0.25) is 14.4 Å². The topological polar surface area (TPSA) is 88.9 Å². The number of ether oxygens (including phenoxy) is 1. The highest BCUT2D eigenvalue weighted by molar-refractivity contribution is 9.10. The number of anilines is 1. The van der Waals surface area contributed by atoms with Crippen LogP contribution in [0.1, 0.15) is 12.0 Å². The van der Waals surface area contributed by atoms with Crippen molar-refractivity contribution < 1.29 is 24.0 Å². The number of carbonyl (C=O) groups excluding carboxylic acids is 3. The molecule has 1 aromatic rings. The molecule has 1 unspecified atom stereocenters. The van der Waals surface area contributed by atoms with Crippen LogP contribution in [0.25, 0.3) is 0 Å². The van der Waals surface area contributed by atoms with Gasteiger partial charge in [0.25, 0.3) is 11.8 Å². The fraction of sp³-hybridized carbons (Fsp3) is 0.438. The molecule has 1 aliphatic rings. The molecule has 1 saturated heterocycles. The van der Waals surface area contributed by atoms with E-state index in [1.54, 1.807) is 0 Å². The van der Waals surface area contributed by atoms with Gasteiger partial charge >= 0.3 is 5.97 Å². The first-order valence-electron chi connectivity index (χ1n) is 7.66. The predicted octanol–water partition coefficient (Wildman–Crippen LogP) is -0.358. The monoisotopic (exact) mass is 398 g/mol. The van der Waals surface area contributed by atoms with E-state index in [-0.39, 0.29) is 24.8 Å². The Kier molecular flexibility index (Phi) is 6.33. The largest absolute Gasteiger partial charge is 0.469 e. The number of nitrogens with one attached hydrogen (secondary N) is 3. The first-order chi connectivity index (χ1) is 11.4. The third-order valence-corrected chi connectivity index (χ3v) is 4.50. The molecule has 0 saturated carbocycles. The van der Waals surface area contributed by atoms with Crippen LogP contribution in [0.4, 0.5) is 5.69 Å². The number of esters is 1. The van der Waals surface area contributed by atoms with Crippen LogP contribution < -0.4 is 15.5 Å². The van der Waals surface area contributed by atoms with Gasteiger partial charge in [-0.1, -0.05) is 15.9 Å². The molecule has 2 atom stereocenters. The Balaban J connectivity index is 2.02. The second kappa shape index (κ2) is 8.25. The summed E-state index contributed by atoms with van der Waals surface area (Å²) in [5.74, 6) is -0.882. The van der Waals surface area contributed by atoms with Gasteiger partial charge in [0.1, 0.15) is 6.42 Å². The molecule has 0 radical (unpaired) electrons. The quantitative estimate of drug-likeness (QED) is 0.591. The molecule has 0 bridgehead atoms. The highest BCUT2D eigenvalue weighted by Crippen LogP contribution is 2.19. The molecule has 2 rings (SSSR count). The van der Waals surface area contributed by atoms with Crippen LogP contribution >= 0.6 is 15.9 Å². The maximum atomic E-state index is 12.3. The lowest BCUT2D eigenvalue weighted by Crippen LogP contribution is -3.20. The smallest absolute Gasteiger partial charge is 0.312 e. The van der Waals surface area contributed by atoms with Gasteiger partial charge in [0, 0.05) is 10.2 Å². The van der Waals surface area contributed by atoms with Crippen LogP contribution in [0.5, 0.6) is 0 Å². The average molecular weight is 399 g/mol. The predicted molar refractivity (Wildman–Crippen MR) is 91.6 cm³/mol. The van der Waals surface area contributed by atoms with Crippen molar-refractivity contribution in [3.05, 3.63) is 28.2 Å².